The van der Waals surface area contributed by atoms with Crippen LogP contribution in [0.15, 0.2) is 64.6 Å². The van der Waals surface area contributed by atoms with E-state index in [1.807, 2.05) is 39.0 Å². The topological polar surface area (TPSA) is 108 Å². The lowest BCUT2D eigenvalue weighted by atomic mass is 9.74. The lowest BCUT2D eigenvalue weighted by Gasteiger charge is -2.36. The van der Waals surface area contributed by atoms with Crippen molar-refractivity contribution in [2.45, 2.75) is 55.2 Å². The number of hydrogen-bond acceptors (Lipinski definition) is 4. The summed E-state index contributed by atoms with van der Waals surface area (Å²) in [6.45, 7) is 6.32. The van der Waals surface area contributed by atoms with E-state index in [1.54, 1.807) is 6.20 Å². The normalized spacial score (nSPS) is 16.5. The van der Waals surface area contributed by atoms with Crippen molar-refractivity contribution in [1.29, 1.82) is 0 Å². The Morgan fingerprint density at radius 1 is 1.09 bits per heavy atom. The molecule has 0 spiro atoms. The molecule has 0 saturated carbocycles. The van der Waals surface area contributed by atoms with Crippen LogP contribution in [0.3, 0.4) is 0 Å². The number of H-pyrrole nitrogens is 2. The number of aryl methyl sites for hydroxylation is 1. The van der Waals surface area contributed by atoms with Crippen molar-refractivity contribution in [3.8, 4) is 17.1 Å². The number of carboxylic acid groups (broad SMARTS) is 1. The van der Waals surface area contributed by atoms with Crippen LogP contribution in [0.25, 0.3) is 22.3 Å². The fourth-order valence-electron chi connectivity index (χ4n) is 5.38. The second kappa shape index (κ2) is 12.3. The number of aromatic amines is 2. The van der Waals surface area contributed by atoms with E-state index >= 15 is 8.78 Å². The average molecular weight is 628 g/mol. The number of aliphatic carboxylic acids is 1. The van der Waals surface area contributed by atoms with Crippen LogP contribution in [0.4, 0.5) is 17.6 Å². The summed E-state index contributed by atoms with van der Waals surface area (Å²) >= 11 is 0. The van der Waals surface area contributed by atoms with Crippen molar-refractivity contribution in [2.75, 3.05) is 6.61 Å². The van der Waals surface area contributed by atoms with Gasteiger partial charge in [0.05, 0.1) is 28.5 Å². The fraction of sp³-hybridized carbons (Fsp3) is 0.250. The predicted octanol–water partition coefficient (Wildman–Crippen LogP) is 7.41. The minimum atomic E-state index is -2.53. The molecule has 2 unspecified atom stereocenters. The van der Waals surface area contributed by atoms with Gasteiger partial charge in [-0.3, -0.25) is 4.79 Å². The van der Waals surface area contributed by atoms with Crippen molar-refractivity contribution in [2.24, 2.45) is 0 Å². The zero-order valence-electron chi connectivity index (χ0n) is 24.1. The van der Waals surface area contributed by atoms with Gasteiger partial charge in [0, 0.05) is 45.8 Å². The summed E-state index contributed by atoms with van der Waals surface area (Å²) in [6, 6.07) is 10.0. The van der Waals surface area contributed by atoms with Crippen LogP contribution >= 0.6 is 0 Å². The number of nitrogens with zero attached hydrogens (tertiary/aromatic N) is 1. The highest BCUT2D eigenvalue weighted by molar-refractivity contribution is 7.85. The van der Waals surface area contributed by atoms with Gasteiger partial charge in [0.25, 0.3) is 0 Å². The van der Waals surface area contributed by atoms with Crippen LogP contribution in [0.5, 0.6) is 5.75 Å². The minimum absolute atomic E-state index is 0.0544. The van der Waals surface area contributed by atoms with Crippen molar-refractivity contribution in [1.82, 2.24) is 15.0 Å². The molecular weight excluding hydrogens is 598 g/mol. The number of ether oxygens (including phenoxy) is 1. The molecule has 2 atom stereocenters. The molecule has 0 bridgehead atoms. The first-order chi connectivity index (χ1) is 21.1. The number of imidazole rings is 1. The maximum atomic E-state index is 15.1. The average Bonchev–Trinajstić information content (AvgIpc) is 3.72. The number of aromatic nitrogens is 3. The van der Waals surface area contributed by atoms with Gasteiger partial charge in [-0.15, -0.1) is 0 Å². The molecule has 6 rings (SSSR count). The van der Waals surface area contributed by atoms with Gasteiger partial charge in [-0.1, -0.05) is 32.0 Å². The van der Waals surface area contributed by atoms with Gasteiger partial charge in [-0.05, 0) is 49.6 Å². The van der Waals surface area contributed by atoms with E-state index in [-0.39, 0.29) is 33.6 Å². The summed E-state index contributed by atoms with van der Waals surface area (Å²) < 4.78 is 78.8. The number of benzene rings is 3. The van der Waals surface area contributed by atoms with Gasteiger partial charge < -0.3 is 19.8 Å². The molecule has 230 valence electrons. The molecule has 2 aromatic heterocycles. The second-order valence-electron chi connectivity index (χ2n) is 10.2. The highest BCUT2D eigenvalue weighted by Gasteiger charge is 2.38. The van der Waals surface area contributed by atoms with E-state index in [0.717, 1.165) is 29.3 Å². The number of fused-ring (bicyclic) bond motifs is 2. The first kappa shape index (κ1) is 31.0. The number of para-hydroxylation sites is 1. The van der Waals surface area contributed by atoms with E-state index in [9.17, 15) is 17.8 Å². The number of halogens is 4. The SMILES string of the molecule is CC.CC1(c2cnc(-c3cc(S(=O)c4c(F)c(F)c5[nH]ccc5c4F)ccc3F)[nH]2)CCOc2c(CCC(=O)O)cccc21. The minimum Gasteiger partial charge on any atom is -0.493 e. The van der Waals surface area contributed by atoms with Crippen molar-refractivity contribution in [3.05, 3.63) is 94.9 Å². The molecule has 3 N–H and O–H groups in total. The van der Waals surface area contributed by atoms with Crippen LogP contribution in [0.2, 0.25) is 0 Å². The molecule has 44 heavy (non-hydrogen) atoms. The molecular formula is C32H29F4N3O4S. The maximum absolute atomic E-state index is 15.1. The molecule has 5 aromatic rings. The number of carbonyl (C=O) groups is 1. The van der Waals surface area contributed by atoms with Crippen LogP contribution in [-0.4, -0.2) is 36.8 Å². The predicted molar refractivity (Wildman–Crippen MR) is 157 cm³/mol. The smallest absolute Gasteiger partial charge is 0.303 e. The number of carboxylic acids is 1. The Bertz CT molecular complexity index is 1900. The lowest BCUT2D eigenvalue weighted by Crippen LogP contribution is -2.32. The molecule has 0 radical (unpaired) electrons. The molecule has 1 aliphatic heterocycles. The van der Waals surface area contributed by atoms with Crippen LogP contribution in [0.1, 0.15) is 50.4 Å². The number of hydrogen-bond donors (Lipinski definition) is 3. The fourth-order valence-corrected chi connectivity index (χ4v) is 6.56. The van der Waals surface area contributed by atoms with E-state index in [1.165, 1.54) is 12.3 Å². The Hall–Kier alpha value is -4.45. The van der Waals surface area contributed by atoms with Gasteiger partial charge >= 0.3 is 5.97 Å². The van der Waals surface area contributed by atoms with Gasteiger partial charge in [0.15, 0.2) is 17.5 Å². The van der Waals surface area contributed by atoms with Crippen LogP contribution in [-0.2, 0) is 27.4 Å². The Labute approximate surface area is 252 Å². The number of nitrogens with one attached hydrogen (secondary N) is 2. The highest BCUT2D eigenvalue weighted by Crippen LogP contribution is 2.45. The lowest BCUT2D eigenvalue weighted by molar-refractivity contribution is -0.136. The summed E-state index contributed by atoms with van der Waals surface area (Å²) in [5.74, 6) is -5.10. The van der Waals surface area contributed by atoms with Gasteiger partial charge in [-0.25, -0.2) is 26.8 Å². The van der Waals surface area contributed by atoms with E-state index in [4.69, 9.17) is 9.84 Å². The first-order valence-electron chi connectivity index (χ1n) is 14.0. The van der Waals surface area contributed by atoms with Gasteiger partial charge in [0.1, 0.15) is 22.3 Å². The molecule has 7 nitrogen and oxygen atoms in total. The molecule has 3 heterocycles. The molecule has 12 heteroatoms. The molecule has 1 aliphatic rings. The summed E-state index contributed by atoms with van der Waals surface area (Å²) in [6.07, 6.45) is 3.57. The van der Waals surface area contributed by atoms with Crippen molar-refractivity contribution >= 4 is 27.7 Å². The highest BCUT2D eigenvalue weighted by atomic mass is 32.2. The van der Waals surface area contributed by atoms with E-state index < -0.39 is 50.3 Å². The number of rotatable bonds is 7. The van der Waals surface area contributed by atoms with Crippen LogP contribution < -0.4 is 4.74 Å². The molecule has 3 aromatic carbocycles. The van der Waals surface area contributed by atoms with Crippen LogP contribution in [0, 0.1) is 23.3 Å². The van der Waals surface area contributed by atoms with Crippen molar-refractivity contribution in [3.63, 3.8) is 0 Å². The maximum Gasteiger partial charge on any atom is 0.303 e. The summed E-state index contributed by atoms with van der Waals surface area (Å²) in [7, 11) is -2.53. The zero-order chi connectivity index (χ0) is 31.8. The second-order valence-corrected chi connectivity index (χ2v) is 11.6. The van der Waals surface area contributed by atoms with Crippen molar-refractivity contribution < 1.29 is 36.4 Å². The Kier molecular flexibility index (Phi) is 8.64. The largest absolute Gasteiger partial charge is 0.493 e. The van der Waals surface area contributed by atoms with E-state index in [0.29, 0.717) is 30.9 Å². The first-order valence-corrected chi connectivity index (χ1v) is 15.1. The third-order valence-electron chi connectivity index (χ3n) is 7.70. The zero-order valence-corrected chi connectivity index (χ0v) is 24.9. The van der Waals surface area contributed by atoms with E-state index in [2.05, 4.69) is 15.0 Å². The summed E-state index contributed by atoms with van der Waals surface area (Å²) in [5.41, 5.74) is 1.07. The monoisotopic (exact) mass is 627 g/mol. The molecule has 0 saturated heterocycles. The standard InChI is InChI=1S/C30H23F4N3O4S.C2H6/c1-30(10-12-41-27-15(5-8-22(38)39)3-2-4-19(27)30)21-14-36-29(37-21)18-13-16(6-7-20(18)31)42(40)28-23(32)17-9-11-35-26(17)24(33)25(28)34;1-2/h2-4,6-7,9,11,13-14,35H,5,8,10,12H2,1H3,(H,36,37)(H,38,39);1-2H3. The molecule has 0 aliphatic carbocycles. The Balaban J connectivity index is 0.00000188. The summed E-state index contributed by atoms with van der Waals surface area (Å²) in [4.78, 5) is 19.9. The molecule has 0 fully saturated rings. The van der Waals surface area contributed by atoms with Gasteiger partial charge in [-0.2, -0.15) is 0 Å². The Morgan fingerprint density at radius 2 is 1.86 bits per heavy atom. The Morgan fingerprint density at radius 3 is 2.61 bits per heavy atom. The van der Waals surface area contributed by atoms with Gasteiger partial charge in [0.2, 0.25) is 0 Å². The third kappa shape index (κ3) is 5.27. The quantitative estimate of drug-likeness (QED) is 0.129. The molecule has 0 amide bonds. The third-order valence-corrected chi connectivity index (χ3v) is 9.12. The summed E-state index contributed by atoms with van der Waals surface area (Å²) in [5, 5.41) is 8.87.